The molecule has 0 spiro atoms. The number of hydrogen-bond acceptors (Lipinski definition) is 2. The second-order valence-electron chi connectivity index (χ2n) is 3.38. The van der Waals surface area contributed by atoms with Crippen molar-refractivity contribution in [3.8, 4) is 0 Å². The summed E-state index contributed by atoms with van der Waals surface area (Å²) >= 11 is 0. The summed E-state index contributed by atoms with van der Waals surface area (Å²) in [6.45, 7) is 10.7. The molecule has 76 valence electrons. The van der Waals surface area contributed by atoms with Crippen molar-refractivity contribution >= 4 is 0 Å². The summed E-state index contributed by atoms with van der Waals surface area (Å²) in [5.41, 5.74) is 0. The van der Waals surface area contributed by atoms with E-state index in [1.165, 1.54) is 0 Å². The van der Waals surface area contributed by atoms with Gasteiger partial charge in [-0.25, -0.2) is 0 Å². The Morgan fingerprint density at radius 3 is 1.58 bits per heavy atom. The van der Waals surface area contributed by atoms with Crippen LogP contribution in [0.4, 0.5) is 0 Å². The minimum absolute atomic E-state index is 0.667. The fourth-order valence-corrected chi connectivity index (χ4v) is 0.616. The number of hydrogen-bond donors (Lipinski definition) is 0. The standard InChI is InChI=1S/C8H20N2.C2H6/c1-8(2)10(5)7-6-9(3)4;1-2/h8H,6-7H2,1-5H3;1-2H3. The van der Waals surface area contributed by atoms with Crippen LogP contribution in [0.5, 0.6) is 0 Å². The lowest BCUT2D eigenvalue weighted by Gasteiger charge is -2.22. The van der Waals surface area contributed by atoms with Crippen LogP contribution in [0.2, 0.25) is 0 Å². The molecule has 0 aromatic rings. The van der Waals surface area contributed by atoms with Gasteiger partial charge in [0.15, 0.2) is 0 Å². The van der Waals surface area contributed by atoms with Crippen LogP contribution in [0.1, 0.15) is 27.7 Å². The Hall–Kier alpha value is -0.0800. The van der Waals surface area contributed by atoms with Crippen LogP contribution in [-0.2, 0) is 0 Å². The van der Waals surface area contributed by atoms with Crippen LogP contribution in [-0.4, -0.2) is 50.1 Å². The average Bonchev–Trinajstić information content (AvgIpc) is 2.03. The van der Waals surface area contributed by atoms with Gasteiger partial charge in [-0.1, -0.05) is 13.8 Å². The van der Waals surface area contributed by atoms with Crippen LogP contribution in [0.15, 0.2) is 0 Å². The average molecular weight is 174 g/mol. The van der Waals surface area contributed by atoms with E-state index in [-0.39, 0.29) is 0 Å². The molecule has 0 radical (unpaired) electrons. The predicted octanol–water partition coefficient (Wildman–Crippen LogP) is 1.91. The van der Waals surface area contributed by atoms with Gasteiger partial charge in [0, 0.05) is 19.1 Å². The molecule has 0 rings (SSSR count). The summed E-state index contributed by atoms with van der Waals surface area (Å²) < 4.78 is 0. The van der Waals surface area contributed by atoms with Crippen molar-refractivity contribution < 1.29 is 0 Å². The van der Waals surface area contributed by atoms with E-state index in [2.05, 4.69) is 44.8 Å². The highest BCUT2D eigenvalue weighted by Gasteiger charge is 2.01. The Bertz CT molecular complexity index is 79.9. The molecule has 12 heavy (non-hydrogen) atoms. The minimum Gasteiger partial charge on any atom is -0.308 e. The fraction of sp³-hybridized carbons (Fsp3) is 1.00. The third-order valence-corrected chi connectivity index (χ3v) is 1.78. The molecule has 0 aromatic heterocycles. The highest BCUT2D eigenvalue weighted by Crippen LogP contribution is 1.91. The molecule has 0 saturated heterocycles. The van der Waals surface area contributed by atoms with E-state index in [4.69, 9.17) is 0 Å². The topological polar surface area (TPSA) is 6.48 Å². The maximum Gasteiger partial charge on any atom is 0.0109 e. The van der Waals surface area contributed by atoms with Crippen LogP contribution < -0.4 is 0 Å². The third-order valence-electron chi connectivity index (χ3n) is 1.78. The number of rotatable bonds is 4. The lowest BCUT2D eigenvalue weighted by Crippen LogP contribution is -2.33. The van der Waals surface area contributed by atoms with E-state index >= 15 is 0 Å². The highest BCUT2D eigenvalue weighted by atomic mass is 15.2. The van der Waals surface area contributed by atoms with Crippen LogP contribution in [0.25, 0.3) is 0 Å². The monoisotopic (exact) mass is 174 g/mol. The van der Waals surface area contributed by atoms with Crippen molar-refractivity contribution in [2.75, 3.05) is 34.2 Å². The van der Waals surface area contributed by atoms with E-state index in [1.807, 2.05) is 13.8 Å². The van der Waals surface area contributed by atoms with Gasteiger partial charge < -0.3 is 9.80 Å². The molecule has 0 N–H and O–H groups in total. The van der Waals surface area contributed by atoms with Crippen molar-refractivity contribution in [3.63, 3.8) is 0 Å². The van der Waals surface area contributed by atoms with E-state index in [1.54, 1.807) is 0 Å². The van der Waals surface area contributed by atoms with Gasteiger partial charge in [0.1, 0.15) is 0 Å². The van der Waals surface area contributed by atoms with Gasteiger partial charge in [-0.3, -0.25) is 0 Å². The molecule has 0 unspecified atom stereocenters. The van der Waals surface area contributed by atoms with Gasteiger partial charge in [0.25, 0.3) is 0 Å². The quantitative estimate of drug-likeness (QED) is 0.642. The Balaban J connectivity index is 0. The summed E-state index contributed by atoms with van der Waals surface area (Å²) in [6, 6.07) is 0.667. The van der Waals surface area contributed by atoms with Crippen LogP contribution in [0, 0.1) is 0 Å². The van der Waals surface area contributed by atoms with Crippen molar-refractivity contribution in [3.05, 3.63) is 0 Å². The van der Waals surface area contributed by atoms with Crippen molar-refractivity contribution in [1.29, 1.82) is 0 Å². The molecule has 0 heterocycles. The fourth-order valence-electron chi connectivity index (χ4n) is 0.616. The van der Waals surface area contributed by atoms with Crippen molar-refractivity contribution in [1.82, 2.24) is 9.80 Å². The molecule has 0 amide bonds. The second-order valence-corrected chi connectivity index (χ2v) is 3.38. The first-order chi connectivity index (χ1) is 5.54. The predicted molar refractivity (Wildman–Crippen MR) is 57.7 cm³/mol. The Kier molecular flexibility index (Phi) is 10.8. The zero-order valence-electron chi connectivity index (χ0n) is 9.89. The number of nitrogens with zero attached hydrogens (tertiary/aromatic N) is 2. The Morgan fingerprint density at radius 1 is 0.917 bits per heavy atom. The van der Waals surface area contributed by atoms with Crippen molar-refractivity contribution in [2.24, 2.45) is 0 Å². The molecular formula is C10H26N2. The van der Waals surface area contributed by atoms with Gasteiger partial charge >= 0.3 is 0 Å². The maximum absolute atomic E-state index is 2.35. The molecule has 0 bridgehead atoms. The van der Waals surface area contributed by atoms with Gasteiger partial charge in [-0.2, -0.15) is 0 Å². The first kappa shape index (κ1) is 14.4. The molecule has 0 saturated carbocycles. The molecule has 0 aliphatic carbocycles. The Morgan fingerprint density at radius 2 is 1.33 bits per heavy atom. The second kappa shape index (κ2) is 9.01. The number of likely N-dealkylation sites (N-methyl/N-ethyl adjacent to an activating group) is 2. The summed E-state index contributed by atoms with van der Waals surface area (Å²) in [7, 11) is 6.37. The smallest absolute Gasteiger partial charge is 0.0109 e. The van der Waals surface area contributed by atoms with Crippen LogP contribution in [0.3, 0.4) is 0 Å². The molecule has 2 nitrogen and oxygen atoms in total. The molecular weight excluding hydrogens is 148 g/mol. The minimum atomic E-state index is 0.667. The van der Waals surface area contributed by atoms with E-state index in [0.29, 0.717) is 6.04 Å². The zero-order valence-corrected chi connectivity index (χ0v) is 9.89. The normalized spacial score (nSPS) is 10.5. The highest BCUT2D eigenvalue weighted by molar-refractivity contribution is 4.57. The van der Waals surface area contributed by atoms with Crippen molar-refractivity contribution in [2.45, 2.75) is 33.7 Å². The zero-order chi connectivity index (χ0) is 10.1. The maximum atomic E-state index is 2.35. The Labute approximate surface area is 78.5 Å². The van der Waals surface area contributed by atoms with Gasteiger partial charge in [-0.15, -0.1) is 0 Å². The third kappa shape index (κ3) is 9.92. The molecule has 0 fully saturated rings. The van der Waals surface area contributed by atoms with Crippen LogP contribution >= 0.6 is 0 Å². The summed E-state index contributed by atoms with van der Waals surface area (Å²) in [6.07, 6.45) is 0. The first-order valence-corrected chi connectivity index (χ1v) is 4.89. The SMILES string of the molecule is CC.CC(C)N(C)CCN(C)C. The summed E-state index contributed by atoms with van der Waals surface area (Å²) in [5.74, 6) is 0. The first-order valence-electron chi connectivity index (χ1n) is 4.89. The summed E-state index contributed by atoms with van der Waals surface area (Å²) in [5, 5.41) is 0. The van der Waals surface area contributed by atoms with Gasteiger partial charge in [0.05, 0.1) is 0 Å². The lowest BCUT2D eigenvalue weighted by atomic mass is 10.3. The molecule has 0 atom stereocenters. The molecule has 0 aromatic carbocycles. The molecule has 0 aliphatic heterocycles. The van der Waals surface area contributed by atoms with E-state index in [9.17, 15) is 0 Å². The lowest BCUT2D eigenvalue weighted by molar-refractivity contribution is 0.241. The van der Waals surface area contributed by atoms with Gasteiger partial charge in [-0.05, 0) is 35.0 Å². The largest absolute Gasteiger partial charge is 0.308 e. The van der Waals surface area contributed by atoms with Gasteiger partial charge in [0.2, 0.25) is 0 Å². The van der Waals surface area contributed by atoms with E-state index in [0.717, 1.165) is 13.1 Å². The molecule has 0 aliphatic rings. The summed E-state index contributed by atoms with van der Waals surface area (Å²) in [4.78, 5) is 4.55. The molecule has 2 heteroatoms. The van der Waals surface area contributed by atoms with E-state index < -0.39 is 0 Å².